The van der Waals surface area contributed by atoms with Gasteiger partial charge in [-0.1, -0.05) is 0 Å². The smallest absolute Gasteiger partial charge is 0.339 e. The SMILES string of the molecule is O=C(O)c1cc(F)ccc1OC1CCS(=O)(=O)C1. The number of carboxylic acids is 1. The lowest BCUT2D eigenvalue weighted by Crippen LogP contribution is -2.19. The molecule has 1 aliphatic heterocycles. The molecule has 5 nitrogen and oxygen atoms in total. The van der Waals surface area contributed by atoms with Gasteiger partial charge in [0.1, 0.15) is 23.2 Å². The van der Waals surface area contributed by atoms with Gasteiger partial charge in [-0.3, -0.25) is 0 Å². The number of hydrogen-bond acceptors (Lipinski definition) is 4. The number of benzene rings is 1. The van der Waals surface area contributed by atoms with E-state index >= 15 is 0 Å². The molecule has 1 atom stereocenters. The van der Waals surface area contributed by atoms with E-state index in [1.165, 1.54) is 6.07 Å². The molecule has 0 saturated carbocycles. The van der Waals surface area contributed by atoms with Crippen molar-refractivity contribution in [1.29, 1.82) is 0 Å². The first kappa shape index (κ1) is 12.8. The van der Waals surface area contributed by atoms with E-state index in [2.05, 4.69) is 0 Å². The zero-order chi connectivity index (χ0) is 13.3. The molecule has 0 radical (unpaired) electrons. The van der Waals surface area contributed by atoms with Crippen LogP contribution >= 0.6 is 0 Å². The van der Waals surface area contributed by atoms with Gasteiger partial charge in [0.05, 0.1) is 11.5 Å². The summed E-state index contributed by atoms with van der Waals surface area (Å²) in [6.07, 6.45) is -0.253. The minimum atomic E-state index is -3.10. The standard InChI is InChI=1S/C11H11FO5S/c12-7-1-2-10(9(5-7)11(13)14)17-8-3-4-18(15,16)6-8/h1-2,5,8H,3-4,6H2,(H,13,14). The highest BCUT2D eigenvalue weighted by atomic mass is 32.2. The van der Waals surface area contributed by atoms with E-state index in [0.717, 1.165) is 12.1 Å². The largest absolute Gasteiger partial charge is 0.488 e. The monoisotopic (exact) mass is 274 g/mol. The molecule has 2 rings (SSSR count). The number of rotatable bonds is 3. The molecule has 18 heavy (non-hydrogen) atoms. The lowest BCUT2D eigenvalue weighted by molar-refractivity contribution is 0.0689. The molecule has 1 N–H and O–H groups in total. The maximum absolute atomic E-state index is 12.9. The molecule has 1 fully saturated rings. The predicted molar refractivity (Wildman–Crippen MR) is 61.0 cm³/mol. The van der Waals surface area contributed by atoms with E-state index in [4.69, 9.17) is 9.84 Å². The molecule has 1 heterocycles. The van der Waals surface area contributed by atoms with Crippen LogP contribution in [0.25, 0.3) is 0 Å². The van der Waals surface area contributed by atoms with Crippen LogP contribution in [0.3, 0.4) is 0 Å². The number of ether oxygens (including phenoxy) is 1. The van der Waals surface area contributed by atoms with Crippen molar-refractivity contribution in [3.05, 3.63) is 29.6 Å². The molecular weight excluding hydrogens is 263 g/mol. The molecule has 1 aromatic carbocycles. The van der Waals surface area contributed by atoms with Crippen molar-refractivity contribution >= 4 is 15.8 Å². The van der Waals surface area contributed by atoms with Gasteiger partial charge in [-0.2, -0.15) is 0 Å². The summed E-state index contributed by atoms with van der Waals surface area (Å²) < 4.78 is 40.8. The molecule has 0 spiro atoms. The zero-order valence-corrected chi connectivity index (χ0v) is 10.1. The number of aromatic carboxylic acids is 1. The first-order valence-electron chi connectivity index (χ1n) is 5.27. The Hall–Kier alpha value is -1.63. The van der Waals surface area contributed by atoms with E-state index in [9.17, 15) is 17.6 Å². The van der Waals surface area contributed by atoms with Crippen LogP contribution in [0.2, 0.25) is 0 Å². The second-order valence-electron chi connectivity index (χ2n) is 4.09. The third-order valence-corrected chi connectivity index (χ3v) is 4.39. The molecule has 1 aliphatic rings. The molecule has 0 aromatic heterocycles. The lowest BCUT2D eigenvalue weighted by atomic mass is 10.2. The van der Waals surface area contributed by atoms with E-state index in [0.29, 0.717) is 6.42 Å². The van der Waals surface area contributed by atoms with Gasteiger partial charge < -0.3 is 9.84 Å². The minimum Gasteiger partial charge on any atom is -0.488 e. The fourth-order valence-electron chi connectivity index (χ4n) is 1.81. The highest BCUT2D eigenvalue weighted by Gasteiger charge is 2.30. The quantitative estimate of drug-likeness (QED) is 0.892. The van der Waals surface area contributed by atoms with Crippen LogP contribution in [0.4, 0.5) is 4.39 Å². The Labute approximate surface area is 103 Å². The summed E-state index contributed by atoms with van der Waals surface area (Å²) in [4.78, 5) is 10.9. The molecule has 0 amide bonds. The van der Waals surface area contributed by atoms with Crippen molar-refractivity contribution in [2.45, 2.75) is 12.5 Å². The van der Waals surface area contributed by atoms with E-state index in [-0.39, 0.29) is 22.8 Å². The number of hydrogen-bond donors (Lipinski definition) is 1. The molecule has 0 aliphatic carbocycles. The van der Waals surface area contributed by atoms with Crippen LogP contribution in [-0.2, 0) is 9.84 Å². The Morgan fingerprint density at radius 1 is 1.44 bits per heavy atom. The van der Waals surface area contributed by atoms with Crippen molar-refractivity contribution in [1.82, 2.24) is 0 Å². The van der Waals surface area contributed by atoms with E-state index in [1.54, 1.807) is 0 Å². The van der Waals surface area contributed by atoms with Gasteiger partial charge >= 0.3 is 5.97 Å². The predicted octanol–water partition coefficient (Wildman–Crippen LogP) is 1.09. The summed E-state index contributed by atoms with van der Waals surface area (Å²) >= 11 is 0. The Bertz CT molecular complexity index is 581. The van der Waals surface area contributed by atoms with Gasteiger partial charge in [0.2, 0.25) is 0 Å². The van der Waals surface area contributed by atoms with Crippen LogP contribution in [0.15, 0.2) is 18.2 Å². The average Bonchev–Trinajstić information content (AvgIpc) is 2.60. The summed E-state index contributed by atoms with van der Waals surface area (Å²) in [7, 11) is -3.10. The molecule has 98 valence electrons. The van der Waals surface area contributed by atoms with Gasteiger partial charge in [-0.05, 0) is 24.6 Å². The minimum absolute atomic E-state index is 0.00833. The van der Waals surface area contributed by atoms with Crippen molar-refractivity contribution in [2.24, 2.45) is 0 Å². The molecule has 1 unspecified atom stereocenters. The third kappa shape index (κ3) is 2.79. The molecule has 1 aromatic rings. The van der Waals surface area contributed by atoms with Crippen molar-refractivity contribution in [3.8, 4) is 5.75 Å². The van der Waals surface area contributed by atoms with Crippen LogP contribution in [0, 0.1) is 5.82 Å². The Kier molecular flexibility index (Phi) is 3.25. The van der Waals surface area contributed by atoms with Gasteiger partial charge in [0, 0.05) is 0 Å². The van der Waals surface area contributed by atoms with Crippen LogP contribution in [0.1, 0.15) is 16.8 Å². The summed E-state index contributed by atoms with van der Waals surface area (Å²) in [5.74, 6) is -2.11. The lowest BCUT2D eigenvalue weighted by Gasteiger charge is -2.13. The first-order valence-corrected chi connectivity index (χ1v) is 7.09. The van der Waals surface area contributed by atoms with Gasteiger partial charge in [0.25, 0.3) is 0 Å². The molecule has 0 bridgehead atoms. The van der Waals surface area contributed by atoms with Crippen LogP contribution in [-0.4, -0.2) is 37.1 Å². The maximum Gasteiger partial charge on any atom is 0.339 e. The second-order valence-corrected chi connectivity index (χ2v) is 6.32. The maximum atomic E-state index is 12.9. The first-order chi connectivity index (χ1) is 8.37. The zero-order valence-electron chi connectivity index (χ0n) is 9.30. The highest BCUT2D eigenvalue weighted by molar-refractivity contribution is 7.91. The number of carboxylic acid groups (broad SMARTS) is 1. The Balaban J connectivity index is 2.22. The normalized spacial score (nSPS) is 21.7. The summed E-state index contributed by atoms with van der Waals surface area (Å²) in [5, 5.41) is 8.90. The highest BCUT2D eigenvalue weighted by Crippen LogP contribution is 2.24. The van der Waals surface area contributed by atoms with Crippen LogP contribution in [0.5, 0.6) is 5.75 Å². The van der Waals surface area contributed by atoms with Crippen molar-refractivity contribution in [3.63, 3.8) is 0 Å². The van der Waals surface area contributed by atoms with E-state index < -0.39 is 27.7 Å². The Morgan fingerprint density at radius 3 is 2.72 bits per heavy atom. The van der Waals surface area contributed by atoms with Crippen LogP contribution < -0.4 is 4.74 Å². The van der Waals surface area contributed by atoms with Crippen molar-refractivity contribution < 1.29 is 27.4 Å². The molecular formula is C11H11FO5S. The molecule has 7 heteroatoms. The fraction of sp³-hybridized carbons (Fsp3) is 0.364. The van der Waals surface area contributed by atoms with Gasteiger partial charge in [-0.15, -0.1) is 0 Å². The summed E-state index contributed by atoms with van der Waals surface area (Å²) in [6.45, 7) is 0. The fourth-order valence-corrected chi connectivity index (χ4v) is 3.40. The van der Waals surface area contributed by atoms with Crippen molar-refractivity contribution in [2.75, 3.05) is 11.5 Å². The average molecular weight is 274 g/mol. The summed E-state index contributed by atoms with van der Waals surface area (Å²) in [5.41, 5.74) is -0.306. The second kappa shape index (κ2) is 4.56. The number of carbonyl (C=O) groups is 1. The number of halogens is 1. The molecule has 1 saturated heterocycles. The Morgan fingerprint density at radius 2 is 2.17 bits per heavy atom. The summed E-state index contributed by atoms with van der Waals surface area (Å²) in [6, 6.07) is 3.12. The van der Waals surface area contributed by atoms with Gasteiger partial charge in [-0.25, -0.2) is 17.6 Å². The third-order valence-electron chi connectivity index (χ3n) is 2.66. The van der Waals surface area contributed by atoms with Gasteiger partial charge in [0.15, 0.2) is 9.84 Å². The van der Waals surface area contributed by atoms with E-state index in [1.807, 2.05) is 0 Å². The number of sulfone groups is 1. The topological polar surface area (TPSA) is 80.7 Å².